The first kappa shape index (κ1) is 24.7. The minimum absolute atomic E-state index is 0.0612. The highest BCUT2D eigenvalue weighted by molar-refractivity contribution is 7.14. The summed E-state index contributed by atoms with van der Waals surface area (Å²) in [6.07, 6.45) is 17.9. The average molecular weight is 428 g/mol. The Labute approximate surface area is 188 Å². The summed E-state index contributed by atoms with van der Waals surface area (Å²) in [6, 6.07) is 4.00. The van der Waals surface area contributed by atoms with Gasteiger partial charge >= 0.3 is 0 Å². The third-order valence-electron chi connectivity index (χ3n) is 6.09. The maximum Gasteiger partial charge on any atom is 0.261 e. The zero-order valence-corrected chi connectivity index (χ0v) is 20.6. The number of amides is 1. The number of nitrogens with one attached hydrogen (secondary N) is 1. The van der Waals surface area contributed by atoms with E-state index in [9.17, 15) is 4.79 Å². The Morgan fingerprint density at radius 2 is 1.90 bits per heavy atom. The maximum absolute atomic E-state index is 12.4. The summed E-state index contributed by atoms with van der Waals surface area (Å²) < 4.78 is 0. The van der Waals surface area contributed by atoms with Crippen LogP contribution in [0.1, 0.15) is 107 Å². The van der Waals surface area contributed by atoms with Crippen molar-refractivity contribution >= 4 is 23.3 Å². The van der Waals surface area contributed by atoms with Crippen LogP contribution in [0.5, 0.6) is 0 Å². The van der Waals surface area contributed by atoms with E-state index < -0.39 is 0 Å². The molecule has 1 N–H and O–H groups in total. The van der Waals surface area contributed by atoms with Crippen molar-refractivity contribution in [2.24, 2.45) is 5.41 Å². The number of hydrogen-bond donors (Lipinski definition) is 1. The van der Waals surface area contributed by atoms with E-state index in [1.165, 1.54) is 68.1 Å². The smallest absolute Gasteiger partial charge is 0.261 e. The first-order valence-corrected chi connectivity index (χ1v) is 12.6. The van der Waals surface area contributed by atoms with Crippen LogP contribution in [0.3, 0.4) is 0 Å². The Bertz CT molecular complexity index is 779. The number of unbranched alkanes of at least 4 members (excludes halogenated alkanes) is 5. The molecule has 1 amide bonds. The van der Waals surface area contributed by atoms with E-state index in [-0.39, 0.29) is 11.3 Å². The van der Waals surface area contributed by atoms with Gasteiger partial charge in [0.2, 0.25) is 0 Å². The van der Waals surface area contributed by atoms with E-state index in [1.807, 2.05) is 6.07 Å². The molecule has 0 aliphatic heterocycles. The summed E-state index contributed by atoms with van der Waals surface area (Å²) in [5.74, 6) is 0.0612. The predicted molar refractivity (Wildman–Crippen MR) is 133 cm³/mol. The molecule has 0 fully saturated rings. The Morgan fingerprint density at radius 1 is 1.17 bits per heavy atom. The normalized spacial score (nSPS) is 17.0. The van der Waals surface area contributed by atoms with Crippen molar-refractivity contribution in [1.82, 2.24) is 5.32 Å². The van der Waals surface area contributed by atoms with Crippen LogP contribution in [-0.4, -0.2) is 12.5 Å². The van der Waals surface area contributed by atoms with Crippen molar-refractivity contribution in [1.29, 1.82) is 0 Å². The fourth-order valence-corrected chi connectivity index (χ4v) is 5.18. The fraction of sp³-hybridized carbons (Fsp3) is 0.593. The minimum atomic E-state index is 0.0612. The van der Waals surface area contributed by atoms with Crippen LogP contribution in [-0.2, 0) is 0 Å². The van der Waals surface area contributed by atoms with Gasteiger partial charge < -0.3 is 5.32 Å². The van der Waals surface area contributed by atoms with Crippen LogP contribution in [0.25, 0.3) is 6.08 Å². The Balaban J connectivity index is 1.86. The van der Waals surface area contributed by atoms with Gasteiger partial charge in [-0.15, -0.1) is 11.3 Å². The second kappa shape index (κ2) is 12.3. The molecule has 0 spiro atoms. The molecular formula is C27H41NOS. The molecule has 2 rings (SSSR count). The molecule has 0 atom stereocenters. The number of carbonyl (C=O) groups excluding carboxylic acids is 1. The van der Waals surface area contributed by atoms with Gasteiger partial charge in [0.1, 0.15) is 0 Å². The quantitative estimate of drug-likeness (QED) is 0.279. The molecular weight excluding hydrogens is 386 g/mol. The highest BCUT2D eigenvalue weighted by Crippen LogP contribution is 2.40. The van der Waals surface area contributed by atoms with Crippen molar-refractivity contribution < 1.29 is 4.79 Å². The molecule has 2 nitrogen and oxygen atoms in total. The first-order valence-electron chi connectivity index (χ1n) is 11.8. The van der Waals surface area contributed by atoms with E-state index in [2.05, 4.69) is 64.2 Å². The summed E-state index contributed by atoms with van der Waals surface area (Å²) in [5.41, 5.74) is 4.50. The molecule has 0 saturated heterocycles. The summed E-state index contributed by atoms with van der Waals surface area (Å²) in [6.45, 7) is 12.1. The van der Waals surface area contributed by atoms with Crippen LogP contribution in [0.2, 0.25) is 0 Å². The molecule has 0 saturated carbocycles. The maximum atomic E-state index is 12.4. The lowest BCUT2D eigenvalue weighted by Crippen LogP contribution is -2.23. The zero-order valence-electron chi connectivity index (χ0n) is 19.8. The highest BCUT2D eigenvalue weighted by atomic mass is 32.1. The Kier molecular flexibility index (Phi) is 10.1. The van der Waals surface area contributed by atoms with Crippen LogP contribution >= 0.6 is 11.3 Å². The summed E-state index contributed by atoms with van der Waals surface area (Å²) >= 11 is 1.57. The van der Waals surface area contributed by atoms with Gasteiger partial charge in [-0.25, -0.2) is 0 Å². The second-order valence-corrected chi connectivity index (χ2v) is 10.5. The molecule has 1 aliphatic rings. The van der Waals surface area contributed by atoms with Crippen LogP contribution in [0, 0.1) is 5.41 Å². The van der Waals surface area contributed by atoms with Gasteiger partial charge in [0.25, 0.3) is 5.91 Å². The van der Waals surface area contributed by atoms with Crippen molar-refractivity contribution in [3.63, 3.8) is 0 Å². The van der Waals surface area contributed by atoms with E-state index >= 15 is 0 Å². The Morgan fingerprint density at radius 3 is 2.63 bits per heavy atom. The molecule has 166 valence electrons. The van der Waals surface area contributed by atoms with Gasteiger partial charge in [0.05, 0.1) is 4.88 Å². The number of carbonyl (C=O) groups is 1. The number of allylic oxidation sites excluding steroid dienone is 5. The second-order valence-electron chi connectivity index (χ2n) is 9.38. The number of hydrogen-bond acceptors (Lipinski definition) is 2. The van der Waals surface area contributed by atoms with E-state index in [4.69, 9.17) is 0 Å². The molecule has 0 bridgehead atoms. The van der Waals surface area contributed by atoms with Gasteiger partial charge in [0.15, 0.2) is 0 Å². The topological polar surface area (TPSA) is 29.1 Å². The largest absolute Gasteiger partial charge is 0.351 e. The van der Waals surface area contributed by atoms with Crippen LogP contribution in [0.4, 0.5) is 0 Å². The molecule has 0 radical (unpaired) electrons. The highest BCUT2D eigenvalue weighted by Gasteiger charge is 2.26. The van der Waals surface area contributed by atoms with Crippen LogP contribution in [0.15, 0.2) is 41.0 Å². The third kappa shape index (κ3) is 7.91. The zero-order chi connectivity index (χ0) is 22.0. The molecule has 30 heavy (non-hydrogen) atoms. The van der Waals surface area contributed by atoms with E-state index in [0.29, 0.717) is 0 Å². The predicted octanol–water partition coefficient (Wildman–Crippen LogP) is 8.32. The minimum Gasteiger partial charge on any atom is -0.351 e. The summed E-state index contributed by atoms with van der Waals surface area (Å²) in [4.78, 5) is 14.3. The van der Waals surface area contributed by atoms with Gasteiger partial charge in [-0.05, 0) is 74.3 Å². The molecule has 3 heteroatoms. The Hall–Kier alpha value is -1.61. The molecule has 1 aromatic rings. The van der Waals surface area contributed by atoms with E-state index in [0.717, 1.165) is 22.7 Å². The molecule has 1 heterocycles. The lowest BCUT2D eigenvalue weighted by atomic mass is 9.72. The monoisotopic (exact) mass is 427 g/mol. The fourth-order valence-electron chi connectivity index (χ4n) is 4.24. The van der Waals surface area contributed by atoms with Gasteiger partial charge in [-0.3, -0.25) is 4.79 Å². The number of rotatable bonds is 11. The SMILES string of the molecule is CCCCCCCCNC(=O)c1ccc(C=C(C)C=CC2=C(C)CCCC2(C)C)s1. The molecule has 1 aromatic heterocycles. The van der Waals surface area contributed by atoms with Gasteiger partial charge in [-0.1, -0.05) is 70.6 Å². The van der Waals surface area contributed by atoms with Crippen molar-refractivity contribution in [3.8, 4) is 0 Å². The molecule has 0 unspecified atom stereocenters. The van der Waals surface area contributed by atoms with Gasteiger partial charge in [0, 0.05) is 11.4 Å². The lowest BCUT2D eigenvalue weighted by Gasteiger charge is -2.32. The van der Waals surface area contributed by atoms with Crippen molar-refractivity contribution in [2.45, 2.75) is 92.4 Å². The van der Waals surface area contributed by atoms with E-state index in [1.54, 1.807) is 11.3 Å². The lowest BCUT2D eigenvalue weighted by molar-refractivity contribution is 0.0957. The van der Waals surface area contributed by atoms with Gasteiger partial charge in [-0.2, -0.15) is 0 Å². The molecule has 0 aromatic carbocycles. The standard InChI is InChI=1S/C27H41NOS/c1-6-7-8-9-10-11-19-28-26(29)25-17-15-23(30-25)20-21(2)14-16-24-22(3)13-12-18-27(24,4)5/h14-17,20H,6-13,18-19H2,1-5H3,(H,28,29). The van der Waals surface area contributed by atoms with Crippen LogP contribution < -0.4 is 5.32 Å². The first-order chi connectivity index (χ1) is 14.3. The number of thiophene rings is 1. The summed E-state index contributed by atoms with van der Waals surface area (Å²) in [5, 5.41) is 3.07. The third-order valence-corrected chi connectivity index (χ3v) is 7.12. The molecule has 1 aliphatic carbocycles. The van der Waals surface area contributed by atoms with Crippen molar-refractivity contribution in [3.05, 3.63) is 50.8 Å². The average Bonchev–Trinajstić information content (AvgIpc) is 3.14. The van der Waals surface area contributed by atoms with Crippen molar-refractivity contribution in [2.75, 3.05) is 6.54 Å². The summed E-state index contributed by atoms with van der Waals surface area (Å²) in [7, 11) is 0.